The molecule has 1 atom stereocenters. The molecule has 1 rings (SSSR count). The fourth-order valence-corrected chi connectivity index (χ4v) is 1.37. The van der Waals surface area contributed by atoms with Gasteiger partial charge in [-0.05, 0) is 42.5 Å². The Hall–Kier alpha value is -0.960. The van der Waals surface area contributed by atoms with Gasteiger partial charge in [0.1, 0.15) is 11.6 Å². The summed E-state index contributed by atoms with van der Waals surface area (Å²) in [5, 5.41) is 9.53. The van der Waals surface area contributed by atoms with Gasteiger partial charge in [0.15, 0.2) is 0 Å². The summed E-state index contributed by atoms with van der Waals surface area (Å²) in [4.78, 5) is 0. The smallest absolute Gasteiger partial charge is 0.126 e. The molecular formula is C12H16F2O. The molecule has 0 aliphatic heterocycles. The maximum Gasteiger partial charge on any atom is 0.126 e. The molecule has 0 heterocycles. The number of hydrogen-bond acceptors (Lipinski definition) is 1. The summed E-state index contributed by atoms with van der Waals surface area (Å²) < 4.78 is 26.0. The highest BCUT2D eigenvalue weighted by molar-refractivity contribution is 5.18. The van der Waals surface area contributed by atoms with Crippen LogP contribution in [0.4, 0.5) is 8.78 Å². The zero-order valence-corrected chi connectivity index (χ0v) is 9.00. The number of aryl methyl sites for hydroxylation is 1. The number of rotatable bonds is 4. The van der Waals surface area contributed by atoms with E-state index < -0.39 is 17.7 Å². The fourth-order valence-electron chi connectivity index (χ4n) is 1.37. The van der Waals surface area contributed by atoms with Crippen LogP contribution in [0.3, 0.4) is 0 Å². The summed E-state index contributed by atoms with van der Waals surface area (Å²) in [6.45, 7) is 3.79. The van der Waals surface area contributed by atoms with Crippen molar-refractivity contribution in [3.63, 3.8) is 0 Å². The molecule has 0 spiro atoms. The van der Waals surface area contributed by atoms with Gasteiger partial charge in [0.05, 0.1) is 6.10 Å². The highest BCUT2D eigenvalue weighted by atomic mass is 19.1. The second kappa shape index (κ2) is 5.21. The van der Waals surface area contributed by atoms with E-state index >= 15 is 0 Å². The monoisotopic (exact) mass is 214 g/mol. The lowest BCUT2D eigenvalue weighted by molar-refractivity contribution is 0.116. The molecule has 0 aliphatic rings. The van der Waals surface area contributed by atoms with Gasteiger partial charge in [0, 0.05) is 0 Å². The normalized spacial score (nSPS) is 13.2. The Bertz CT molecular complexity index is 323. The molecular weight excluding hydrogens is 198 g/mol. The molecule has 0 bridgehead atoms. The molecule has 1 aromatic rings. The first-order chi connectivity index (χ1) is 7.00. The van der Waals surface area contributed by atoms with Gasteiger partial charge < -0.3 is 5.11 Å². The van der Waals surface area contributed by atoms with Crippen molar-refractivity contribution in [2.24, 2.45) is 5.92 Å². The average molecular weight is 214 g/mol. The van der Waals surface area contributed by atoms with E-state index in [-0.39, 0.29) is 5.92 Å². The average Bonchev–Trinajstić information content (AvgIpc) is 2.18. The van der Waals surface area contributed by atoms with Gasteiger partial charge >= 0.3 is 0 Å². The predicted octanol–water partition coefficient (Wildman–Crippen LogP) is 2.91. The molecule has 0 aliphatic carbocycles. The Morgan fingerprint density at radius 3 is 2.53 bits per heavy atom. The molecule has 0 amide bonds. The molecule has 0 aromatic heterocycles. The minimum absolute atomic E-state index is 0.140. The van der Waals surface area contributed by atoms with Gasteiger partial charge in [-0.1, -0.05) is 13.8 Å². The molecule has 1 unspecified atom stereocenters. The van der Waals surface area contributed by atoms with E-state index in [1.54, 1.807) is 0 Å². The van der Waals surface area contributed by atoms with Gasteiger partial charge in [-0.2, -0.15) is 0 Å². The Labute approximate surface area is 88.7 Å². The first kappa shape index (κ1) is 12.1. The van der Waals surface area contributed by atoms with Crippen LogP contribution in [0.5, 0.6) is 0 Å². The van der Waals surface area contributed by atoms with Crippen molar-refractivity contribution in [1.82, 2.24) is 0 Å². The Balaban J connectivity index is 2.61. The molecule has 1 aromatic carbocycles. The maximum absolute atomic E-state index is 13.2. The Kier molecular flexibility index (Phi) is 4.21. The quantitative estimate of drug-likeness (QED) is 0.817. The summed E-state index contributed by atoms with van der Waals surface area (Å²) >= 11 is 0. The topological polar surface area (TPSA) is 20.2 Å². The van der Waals surface area contributed by atoms with Crippen molar-refractivity contribution >= 4 is 0 Å². The largest absolute Gasteiger partial charge is 0.393 e. The van der Waals surface area contributed by atoms with E-state index in [0.717, 1.165) is 12.1 Å². The van der Waals surface area contributed by atoms with Crippen molar-refractivity contribution in [3.8, 4) is 0 Å². The van der Waals surface area contributed by atoms with Crippen LogP contribution in [0.25, 0.3) is 0 Å². The molecule has 0 radical (unpaired) electrons. The van der Waals surface area contributed by atoms with Gasteiger partial charge in [-0.3, -0.25) is 0 Å². The number of aliphatic hydroxyl groups is 1. The lowest BCUT2D eigenvalue weighted by atomic mass is 9.99. The third kappa shape index (κ3) is 3.59. The SMILES string of the molecule is CC(C)C(O)CCc1cc(F)ccc1F. The van der Waals surface area contributed by atoms with E-state index in [4.69, 9.17) is 0 Å². The molecule has 0 saturated carbocycles. The van der Waals surface area contributed by atoms with Crippen molar-refractivity contribution in [2.75, 3.05) is 0 Å². The van der Waals surface area contributed by atoms with Crippen LogP contribution < -0.4 is 0 Å². The van der Waals surface area contributed by atoms with E-state index in [1.165, 1.54) is 6.07 Å². The van der Waals surface area contributed by atoms with E-state index in [0.29, 0.717) is 18.4 Å². The molecule has 0 saturated heterocycles. The van der Waals surface area contributed by atoms with Crippen LogP contribution in [0.15, 0.2) is 18.2 Å². The first-order valence-corrected chi connectivity index (χ1v) is 5.12. The third-order valence-electron chi connectivity index (χ3n) is 2.49. The Morgan fingerprint density at radius 2 is 1.93 bits per heavy atom. The summed E-state index contributed by atoms with van der Waals surface area (Å²) in [6, 6.07) is 3.40. The third-order valence-corrected chi connectivity index (χ3v) is 2.49. The van der Waals surface area contributed by atoms with Gasteiger partial charge in [0.25, 0.3) is 0 Å². The van der Waals surface area contributed by atoms with Gasteiger partial charge in [-0.25, -0.2) is 8.78 Å². The molecule has 3 heteroatoms. The standard InChI is InChI=1S/C12H16F2O/c1-8(2)12(15)6-3-9-7-10(13)4-5-11(9)14/h4-5,7-8,12,15H,3,6H2,1-2H3. The van der Waals surface area contributed by atoms with E-state index in [9.17, 15) is 13.9 Å². The number of benzene rings is 1. The van der Waals surface area contributed by atoms with Crippen molar-refractivity contribution in [2.45, 2.75) is 32.8 Å². The second-order valence-electron chi connectivity index (χ2n) is 4.09. The molecule has 1 nitrogen and oxygen atoms in total. The fraction of sp³-hybridized carbons (Fsp3) is 0.500. The van der Waals surface area contributed by atoms with Crippen LogP contribution in [0.1, 0.15) is 25.8 Å². The van der Waals surface area contributed by atoms with Crippen LogP contribution >= 0.6 is 0 Å². The minimum Gasteiger partial charge on any atom is -0.393 e. The molecule has 84 valence electrons. The minimum atomic E-state index is -0.465. The lowest BCUT2D eigenvalue weighted by Crippen LogP contribution is -2.15. The zero-order valence-electron chi connectivity index (χ0n) is 9.00. The summed E-state index contributed by atoms with van der Waals surface area (Å²) in [7, 11) is 0. The highest BCUT2D eigenvalue weighted by Crippen LogP contribution is 2.15. The van der Waals surface area contributed by atoms with Crippen molar-refractivity contribution < 1.29 is 13.9 Å². The molecule has 15 heavy (non-hydrogen) atoms. The highest BCUT2D eigenvalue weighted by Gasteiger charge is 2.11. The Morgan fingerprint density at radius 1 is 1.27 bits per heavy atom. The van der Waals surface area contributed by atoms with Crippen LogP contribution in [-0.2, 0) is 6.42 Å². The number of hydrogen-bond donors (Lipinski definition) is 1. The summed E-state index contributed by atoms with van der Waals surface area (Å²) in [5.41, 5.74) is 0.328. The molecule has 0 fully saturated rings. The first-order valence-electron chi connectivity index (χ1n) is 5.12. The van der Waals surface area contributed by atoms with Crippen molar-refractivity contribution in [1.29, 1.82) is 0 Å². The summed E-state index contributed by atoms with van der Waals surface area (Å²) in [6.07, 6.45) is 0.355. The van der Waals surface area contributed by atoms with E-state index in [2.05, 4.69) is 0 Å². The molecule has 1 N–H and O–H groups in total. The van der Waals surface area contributed by atoms with Crippen LogP contribution in [-0.4, -0.2) is 11.2 Å². The number of aliphatic hydroxyl groups excluding tert-OH is 1. The zero-order chi connectivity index (χ0) is 11.4. The lowest BCUT2D eigenvalue weighted by Gasteiger charge is -2.14. The summed E-state index contributed by atoms with van der Waals surface area (Å²) in [5.74, 6) is -0.709. The van der Waals surface area contributed by atoms with Crippen LogP contribution in [0.2, 0.25) is 0 Å². The number of halogens is 2. The van der Waals surface area contributed by atoms with Gasteiger partial charge in [0.2, 0.25) is 0 Å². The predicted molar refractivity (Wildman–Crippen MR) is 55.5 cm³/mol. The van der Waals surface area contributed by atoms with Crippen LogP contribution in [0, 0.1) is 17.6 Å². The maximum atomic E-state index is 13.2. The van der Waals surface area contributed by atoms with E-state index in [1.807, 2.05) is 13.8 Å². The van der Waals surface area contributed by atoms with Gasteiger partial charge in [-0.15, -0.1) is 0 Å². The van der Waals surface area contributed by atoms with Crippen molar-refractivity contribution in [3.05, 3.63) is 35.4 Å². The second-order valence-corrected chi connectivity index (χ2v) is 4.09.